The standard InChI is InChI=1S/C13H18N2O2S/c1-13(2,10-15-9-8-14)11-4-6-12(7-5-11)18(3,16)17/h4-7,15H,9-10H2,1-3H3. The van der Waals surface area contributed by atoms with Gasteiger partial charge in [-0.2, -0.15) is 5.26 Å². The van der Waals surface area contributed by atoms with Crippen LogP contribution in [0.5, 0.6) is 0 Å². The van der Waals surface area contributed by atoms with E-state index in [4.69, 9.17) is 5.26 Å². The van der Waals surface area contributed by atoms with Gasteiger partial charge in [0.15, 0.2) is 9.84 Å². The largest absolute Gasteiger partial charge is 0.304 e. The van der Waals surface area contributed by atoms with Gasteiger partial charge in [-0.15, -0.1) is 0 Å². The van der Waals surface area contributed by atoms with E-state index in [9.17, 15) is 8.42 Å². The number of rotatable bonds is 5. The molecule has 0 radical (unpaired) electrons. The maximum absolute atomic E-state index is 11.4. The molecule has 98 valence electrons. The zero-order valence-electron chi connectivity index (χ0n) is 10.9. The van der Waals surface area contributed by atoms with E-state index in [-0.39, 0.29) is 5.41 Å². The summed E-state index contributed by atoms with van der Waals surface area (Å²) in [6.45, 7) is 5.07. The van der Waals surface area contributed by atoms with E-state index >= 15 is 0 Å². The van der Waals surface area contributed by atoms with Crippen LogP contribution < -0.4 is 5.32 Å². The monoisotopic (exact) mass is 266 g/mol. The van der Waals surface area contributed by atoms with Gasteiger partial charge >= 0.3 is 0 Å². The first kappa shape index (κ1) is 14.7. The van der Waals surface area contributed by atoms with Crippen LogP contribution >= 0.6 is 0 Å². The third kappa shape index (κ3) is 3.83. The van der Waals surface area contributed by atoms with E-state index in [2.05, 4.69) is 5.32 Å². The molecule has 0 spiro atoms. The van der Waals surface area contributed by atoms with Crippen LogP contribution in [0.4, 0.5) is 0 Å². The van der Waals surface area contributed by atoms with Gasteiger partial charge in [-0.3, -0.25) is 0 Å². The van der Waals surface area contributed by atoms with Crippen molar-refractivity contribution >= 4 is 9.84 Å². The molecule has 18 heavy (non-hydrogen) atoms. The molecule has 1 aromatic rings. The van der Waals surface area contributed by atoms with Crippen molar-refractivity contribution in [1.82, 2.24) is 5.32 Å². The summed E-state index contributed by atoms with van der Waals surface area (Å²) >= 11 is 0. The molecule has 0 unspecified atom stereocenters. The Labute approximate surface area is 109 Å². The van der Waals surface area contributed by atoms with Crippen molar-refractivity contribution in [2.45, 2.75) is 24.2 Å². The van der Waals surface area contributed by atoms with Crippen molar-refractivity contribution in [3.8, 4) is 6.07 Å². The van der Waals surface area contributed by atoms with Crippen LogP contribution in [0.1, 0.15) is 19.4 Å². The maximum atomic E-state index is 11.4. The molecule has 0 heterocycles. The minimum absolute atomic E-state index is 0.146. The molecule has 0 bridgehead atoms. The summed E-state index contributed by atoms with van der Waals surface area (Å²) in [5.41, 5.74) is 0.896. The summed E-state index contributed by atoms with van der Waals surface area (Å²) in [4.78, 5) is 0.326. The summed E-state index contributed by atoms with van der Waals surface area (Å²) in [6.07, 6.45) is 1.20. The van der Waals surface area contributed by atoms with Gasteiger partial charge in [-0.25, -0.2) is 8.42 Å². The number of nitriles is 1. The first-order chi connectivity index (χ1) is 8.27. The summed E-state index contributed by atoms with van der Waals surface area (Å²) in [6, 6.07) is 8.92. The molecular formula is C13H18N2O2S. The summed E-state index contributed by atoms with van der Waals surface area (Å²) in [7, 11) is -3.14. The van der Waals surface area contributed by atoms with Crippen molar-refractivity contribution in [2.24, 2.45) is 0 Å². The Bertz CT molecular complexity index is 539. The number of sulfone groups is 1. The number of benzene rings is 1. The lowest BCUT2D eigenvalue weighted by Crippen LogP contribution is -2.33. The molecule has 0 aliphatic carbocycles. The number of hydrogen-bond acceptors (Lipinski definition) is 4. The van der Waals surface area contributed by atoms with Gasteiger partial charge in [0.2, 0.25) is 0 Å². The van der Waals surface area contributed by atoms with Crippen LogP contribution in [0.2, 0.25) is 0 Å². The SMILES string of the molecule is CC(C)(CNCC#N)c1ccc(S(C)(=O)=O)cc1. The normalized spacial score (nSPS) is 12.1. The van der Waals surface area contributed by atoms with Crippen molar-refractivity contribution in [2.75, 3.05) is 19.3 Å². The van der Waals surface area contributed by atoms with Crippen LogP contribution in [-0.2, 0) is 15.3 Å². The molecule has 0 amide bonds. The predicted octanol–water partition coefficient (Wildman–Crippen LogP) is 1.48. The molecule has 1 N–H and O–H groups in total. The lowest BCUT2D eigenvalue weighted by atomic mass is 9.84. The van der Waals surface area contributed by atoms with Crippen LogP contribution in [0.3, 0.4) is 0 Å². The van der Waals surface area contributed by atoms with Crippen molar-refractivity contribution in [3.63, 3.8) is 0 Å². The second kappa shape index (κ2) is 5.51. The van der Waals surface area contributed by atoms with E-state index in [1.807, 2.05) is 32.0 Å². The van der Waals surface area contributed by atoms with Gasteiger partial charge in [0.1, 0.15) is 0 Å². The lowest BCUT2D eigenvalue weighted by Gasteiger charge is -2.25. The highest BCUT2D eigenvalue weighted by Crippen LogP contribution is 2.23. The average Bonchev–Trinajstić information content (AvgIpc) is 2.28. The van der Waals surface area contributed by atoms with Gasteiger partial charge in [-0.05, 0) is 17.7 Å². The Morgan fingerprint density at radius 1 is 1.28 bits per heavy atom. The molecule has 0 atom stereocenters. The lowest BCUT2D eigenvalue weighted by molar-refractivity contribution is 0.484. The van der Waals surface area contributed by atoms with Crippen molar-refractivity contribution < 1.29 is 8.42 Å². The Morgan fingerprint density at radius 3 is 2.28 bits per heavy atom. The fourth-order valence-corrected chi connectivity index (χ4v) is 2.32. The molecule has 0 aliphatic heterocycles. The highest BCUT2D eigenvalue weighted by atomic mass is 32.2. The smallest absolute Gasteiger partial charge is 0.175 e. The molecule has 0 aliphatic rings. The summed E-state index contributed by atoms with van der Waals surface area (Å²) in [5.74, 6) is 0. The zero-order valence-corrected chi connectivity index (χ0v) is 11.7. The summed E-state index contributed by atoms with van der Waals surface area (Å²) in [5, 5.41) is 11.5. The van der Waals surface area contributed by atoms with E-state index < -0.39 is 9.84 Å². The van der Waals surface area contributed by atoms with E-state index in [0.29, 0.717) is 18.0 Å². The molecular weight excluding hydrogens is 248 g/mol. The number of nitrogens with zero attached hydrogens (tertiary/aromatic N) is 1. The minimum Gasteiger partial charge on any atom is -0.304 e. The number of nitrogens with one attached hydrogen (secondary N) is 1. The first-order valence-corrected chi connectivity index (χ1v) is 7.55. The van der Waals surface area contributed by atoms with Gasteiger partial charge < -0.3 is 5.32 Å². The Morgan fingerprint density at radius 2 is 1.83 bits per heavy atom. The molecule has 5 heteroatoms. The molecule has 0 fully saturated rings. The minimum atomic E-state index is -3.14. The van der Waals surface area contributed by atoms with Gasteiger partial charge in [0, 0.05) is 18.2 Å². The summed E-state index contributed by atoms with van der Waals surface area (Å²) < 4.78 is 22.7. The Kier molecular flexibility index (Phi) is 4.49. The molecule has 1 aromatic carbocycles. The maximum Gasteiger partial charge on any atom is 0.175 e. The molecule has 0 saturated heterocycles. The van der Waals surface area contributed by atoms with Crippen molar-refractivity contribution in [1.29, 1.82) is 5.26 Å². The predicted molar refractivity (Wildman–Crippen MR) is 71.1 cm³/mol. The fourth-order valence-electron chi connectivity index (χ4n) is 1.69. The van der Waals surface area contributed by atoms with E-state index in [1.54, 1.807) is 12.1 Å². The number of hydrogen-bond donors (Lipinski definition) is 1. The zero-order chi connectivity index (χ0) is 13.8. The van der Waals surface area contributed by atoms with Crippen LogP contribution in [0.25, 0.3) is 0 Å². The highest BCUT2D eigenvalue weighted by Gasteiger charge is 2.20. The third-order valence-electron chi connectivity index (χ3n) is 2.83. The van der Waals surface area contributed by atoms with Gasteiger partial charge in [0.25, 0.3) is 0 Å². The van der Waals surface area contributed by atoms with Crippen LogP contribution in [0, 0.1) is 11.3 Å². The molecule has 0 saturated carbocycles. The Balaban J connectivity index is 2.88. The first-order valence-electron chi connectivity index (χ1n) is 5.65. The Hall–Kier alpha value is -1.38. The highest BCUT2D eigenvalue weighted by molar-refractivity contribution is 7.90. The van der Waals surface area contributed by atoms with Gasteiger partial charge in [0.05, 0.1) is 17.5 Å². The second-order valence-electron chi connectivity index (χ2n) is 4.94. The van der Waals surface area contributed by atoms with Crippen molar-refractivity contribution in [3.05, 3.63) is 29.8 Å². The quantitative estimate of drug-likeness (QED) is 0.647. The molecule has 0 aromatic heterocycles. The fraction of sp³-hybridized carbons (Fsp3) is 0.462. The average molecular weight is 266 g/mol. The molecule has 4 nitrogen and oxygen atoms in total. The van der Waals surface area contributed by atoms with Crippen LogP contribution in [-0.4, -0.2) is 27.8 Å². The second-order valence-corrected chi connectivity index (χ2v) is 6.96. The topological polar surface area (TPSA) is 70.0 Å². The van der Waals surface area contributed by atoms with Gasteiger partial charge in [-0.1, -0.05) is 26.0 Å². The third-order valence-corrected chi connectivity index (χ3v) is 3.96. The van der Waals surface area contributed by atoms with E-state index in [1.165, 1.54) is 6.26 Å². The van der Waals surface area contributed by atoms with Crippen LogP contribution in [0.15, 0.2) is 29.2 Å². The van der Waals surface area contributed by atoms with E-state index in [0.717, 1.165) is 5.56 Å². The molecule has 1 rings (SSSR count).